The Bertz CT molecular complexity index is 250. The van der Waals surface area contributed by atoms with Crippen LogP contribution < -0.4 is 5.32 Å². The molecule has 0 aliphatic carbocycles. The van der Waals surface area contributed by atoms with E-state index in [1.54, 1.807) is 4.90 Å². The second kappa shape index (κ2) is 5.01. The number of aliphatic hydroxyl groups excluding tert-OH is 1. The molecule has 0 aromatic rings. The van der Waals surface area contributed by atoms with Crippen LogP contribution in [-0.4, -0.2) is 47.1 Å². The van der Waals surface area contributed by atoms with Crippen LogP contribution in [0, 0.1) is 0 Å². The third-order valence-electron chi connectivity index (χ3n) is 2.50. The van der Waals surface area contributed by atoms with Gasteiger partial charge in [-0.1, -0.05) is 6.92 Å². The van der Waals surface area contributed by atoms with E-state index in [0.29, 0.717) is 6.54 Å². The molecule has 1 aliphatic rings. The first-order valence-corrected chi connectivity index (χ1v) is 5.74. The van der Waals surface area contributed by atoms with Gasteiger partial charge in [0.2, 0.25) is 0 Å². The molecule has 1 heterocycles. The van der Waals surface area contributed by atoms with Crippen molar-refractivity contribution in [2.75, 3.05) is 13.1 Å². The van der Waals surface area contributed by atoms with E-state index < -0.39 is 11.8 Å². The number of hydrogen-bond acceptors (Lipinski definition) is 4. The van der Waals surface area contributed by atoms with Crippen LogP contribution in [-0.2, 0) is 4.74 Å². The molecular formula is C11H22N2O3. The topological polar surface area (TPSA) is 61.8 Å². The van der Waals surface area contributed by atoms with Gasteiger partial charge >= 0.3 is 6.09 Å². The van der Waals surface area contributed by atoms with Crippen LogP contribution in [0.2, 0.25) is 0 Å². The molecule has 1 aliphatic heterocycles. The maximum atomic E-state index is 11.9. The van der Waals surface area contributed by atoms with E-state index in [4.69, 9.17) is 4.74 Å². The summed E-state index contributed by atoms with van der Waals surface area (Å²) < 4.78 is 5.31. The van der Waals surface area contributed by atoms with Crippen LogP contribution in [0.15, 0.2) is 0 Å². The zero-order valence-electron chi connectivity index (χ0n) is 10.5. The molecule has 0 aromatic carbocycles. The monoisotopic (exact) mass is 230 g/mol. The SMILES string of the molecule is CC[C@@H]1CNC(O)CN1C(=O)OC(C)(C)C. The standard InChI is InChI=1S/C11H22N2O3/c1-5-8-6-12-9(14)7-13(8)10(15)16-11(2,3)4/h8-9,12,14H,5-7H2,1-4H3/t8-,9?/m1/s1. The molecule has 0 aromatic heterocycles. The highest BCUT2D eigenvalue weighted by molar-refractivity contribution is 5.68. The second-order valence-corrected chi connectivity index (χ2v) is 5.12. The van der Waals surface area contributed by atoms with Crippen LogP contribution in [0.1, 0.15) is 34.1 Å². The number of carbonyl (C=O) groups excluding carboxylic acids is 1. The van der Waals surface area contributed by atoms with Gasteiger partial charge in [0.05, 0.1) is 6.54 Å². The number of β-amino-alcohol motifs (C(OH)–C–C–N with tert-alkyl or cyclic N) is 1. The highest BCUT2D eigenvalue weighted by Crippen LogP contribution is 2.15. The van der Waals surface area contributed by atoms with E-state index in [1.165, 1.54) is 0 Å². The van der Waals surface area contributed by atoms with Gasteiger partial charge in [0.15, 0.2) is 0 Å². The van der Waals surface area contributed by atoms with Gasteiger partial charge in [-0.2, -0.15) is 0 Å². The summed E-state index contributed by atoms with van der Waals surface area (Å²) >= 11 is 0. The average molecular weight is 230 g/mol. The molecule has 16 heavy (non-hydrogen) atoms. The van der Waals surface area contributed by atoms with E-state index >= 15 is 0 Å². The van der Waals surface area contributed by atoms with Crippen molar-refractivity contribution in [3.63, 3.8) is 0 Å². The van der Waals surface area contributed by atoms with Crippen molar-refractivity contribution in [1.82, 2.24) is 10.2 Å². The number of rotatable bonds is 1. The molecule has 1 saturated heterocycles. The fourth-order valence-electron chi connectivity index (χ4n) is 1.69. The third kappa shape index (κ3) is 3.64. The van der Waals surface area contributed by atoms with Crippen molar-refractivity contribution in [3.8, 4) is 0 Å². The fraction of sp³-hybridized carbons (Fsp3) is 0.909. The fourth-order valence-corrected chi connectivity index (χ4v) is 1.69. The number of nitrogens with zero attached hydrogens (tertiary/aromatic N) is 1. The maximum Gasteiger partial charge on any atom is 0.410 e. The van der Waals surface area contributed by atoms with Crippen molar-refractivity contribution >= 4 is 6.09 Å². The van der Waals surface area contributed by atoms with Crippen molar-refractivity contribution in [2.24, 2.45) is 0 Å². The summed E-state index contributed by atoms with van der Waals surface area (Å²) in [5.41, 5.74) is -0.495. The molecule has 1 fully saturated rings. The summed E-state index contributed by atoms with van der Waals surface area (Å²) in [4.78, 5) is 13.5. The molecule has 1 unspecified atom stereocenters. The van der Waals surface area contributed by atoms with Crippen LogP contribution in [0.3, 0.4) is 0 Å². The Hall–Kier alpha value is -0.810. The Morgan fingerprint density at radius 2 is 2.19 bits per heavy atom. The van der Waals surface area contributed by atoms with E-state index in [2.05, 4.69) is 5.32 Å². The summed E-state index contributed by atoms with van der Waals surface area (Å²) in [5.74, 6) is 0. The van der Waals surface area contributed by atoms with E-state index in [1.807, 2.05) is 27.7 Å². The van der Waals surface area contributed by atoms with Crippen molar-refractivity contribution in [1.29, 1.82) is 0 Å². The Morgan fingerprint density at radius 3 is 2.69 bits per heavy atom. The first-order valence-electron chi connectivity index (χ1n) is 5.74. The van der Waals surface area contributed by atoms with Crippen molar-refractivity contribution in [2.45, 2.75) is 52.0 Å². The summed E-state index contributed by atoms with van der Waals surface area (Å²) in [7, 11) is 0. The number of piperazine rings is 1. The second-order valence-electron chi connectivity index (χ2n) is 5.12. The van der Waals surface area contributed by atoms with E-state index in [0.717, 1.165) is 6.42 Å². The average Bonchev–Trinajstić information content (AvgIpc) is 2.15. The van der Waals surface area contributed by atoms with Gasteiger partial charge in [0.1, 0.15) is 11.8 Å². The first-order chi connectivity index (χ1) is 7.33. The predicted octanol–water partition coefficient (Wildman–Crippen LogP) is 0.924. The number of carbonyl (C=O) groups is 1. The first kappa shape index (κ1) is 13.3. The maximum absolute atomic E-state index is 11.9. The number of ether oxygens (including phenoxy) is 1. The van der Waals surface area contributed by atoms with Gasteiger partial charge < -0.3 is 9.84 Å². The Morgan fingerprint density at radius 1 is 1.56 bits per heavy atom. The molecular weight excluding hydrogens is 208 g/mol. The third-order valence-corrected chi connectivity index (χ3v) is 2.50. The smallest absolute Gasteiger partial charge is 0.410 e. The lowest BCUT2D eigenvalue weighted by atomic mass is 10.1. The van der Waals surface area contributed by atoms with E-state index in [-0.39, 0.29) is 18.7 Å². The highest BCUT2D eigenvalue weighted by atomic mass is 16.6. The molecule has 2 N–H and O–H groups in total. The highest BCUT2D eigenvalue weighted by Gasteiger charge is 2.32. The van der Waals surface area contributed by atoms with Crippen molar-refractivity contribution < 1.29 is 14.6 Å². The molecule has 0 bridgehead atoms. The normalized spacial score (nSPS) is 26.7. The molecule has 1 rings (SSSR count). The van der Waals surface area contributed by atoms with Crippen LogP contribution in [0.25, 0.3) is 0 Å². The Balaban J connectivity index is 2.63. The van der Waals surface area contributed by atoms with Crippen LogP contribution >= 0.6 is 0 Å². The van der Waals surface area contributed by atoms with E-state index in [9.17, 15) is 9.90 Å². The minimum atomic E-state index is -0.657. The summed E-state index contributed by atoms with van der Waals surface area (Å²) in [6.45, 7) is 8.42. The molecule has 94 valence electrons. The largest absolute Gasteiger partial charge is 0.444 e. The zero-order chi connectivity index (χ0) is 12.3. The predicted molar refractivity (Wildman–Crippen MR) is 61.0 cm³/mol. The summed E-state index contributed by atoms with van der Waals surface area (Å²) in [5, 5.41) is 12.4. The molecule has 5 heteroatoms. The van der Waals surface area contributed by atoms with Crippen LogP contribution in [0.5, 0.6) is 0 Å². The number of amides is 1. The lowest BCUT2D eigenvalue weighted by Gasteiger charge is -2.38. The molecule has 0 saturated carbocycles. The lowest BCUT2D eigenvalue weighted by molar-refractivity contribution is -0.0174. The summed E-state index contributed by atoms with van der Waals surface area (Å²) in [6, 6.07) is 0.0956. The van der Waals surface area contributed by atoms with Crippen LogP contribution in [0.4, 0.5) is 4.79 Å². The van der Waals surface area contributed by atoms with Gasteiger partial charge in [-0.15, -0.1) is 0 Å². The minimum Gasteiger partial charge on any atom is -0.444 e. The Kier molecular flexibility index (Phi) is 4.15. The van der Waals surface area contributed by atoms with Crippen molar-refractivity contribution in [3.05, 3.63) is 0 Å². The number of aliphatic hydroxyl groups is 1. The molecule has 0 spiro atoms. The van der Waals surface area contributed by atoms with Gasteiger partial charge in [0, 0.05) is 12.6 Å². The molecule has 1 amide bonds. The molecule has 5 nitrogen and oxygen atoms in total. The van der Waals surface area contributed by atoms with Gasteiger partial charge in [-0.25, -0.2) is 4.79 Å². The van der Waals surface area contributed by atoms with Gasteiger partial charge in [0.25, 0.3) is 0 Å². The number of hydrogen-bond donors (Lipinski definition) is 2. The molecule has 2 atom stereocenters. The lowest BCUT2D eigenvalue weighted by Crippen LogP contribution is -2.58. The van der Waals surface area contributed by atoms with Gasteiger partial charge in [-0.3, -0.25) is 10.2 Å². The quantitative estimate of drug-likeness (QED) is 0.703. The molecule has 0 radical (unpaired) electrons. The Labute approximate surface area is 96.8 Å². The summed E-state index contributed by atoms with van der Waals surface area (Å²) in [6.07, 6.45) is -0.158. The minimum absolute atomic E-state index is 0.0956. The van der Waals surface area contributed by atoms with Gasteiger partial charge in [-0.05, 0) is 27.2 Å². The zero-order valence-corrected chi connectivity index (χ0v) is 10.5. The number of nitrogens with one attached hydrogen (secondary N) is 1.